The molecule has 0 aliphatic heterocycles. The van der Waals surface area contributed by atoms with Gasteiger partial charge in [-0.25, -0.2) is 4.79 Å². The zero-order chi connectivity index (χ0) is 12.3. The van der Waals surface area contributed by atoms with Crippen LogP contribution in [0, 0.1) is 0 Å². The second kappa shape index (κ2) is 4.31. The van der Waals surface area contributed by atoms with Crippen molar-refractivity contribution >= 4 is 5.91 Å². The van der Waals surface area contributed by atoms with Crippen molar-refractivity contribution in [2.75, 3.05) is 6.54 Å². The molecule has 1 heterocycles. The highest BCUT2D eigenvalue weighted by Gasteiger charge is 2.16. The molecule has 0 unspecified atom stereocenters. The Morgan fingerprint density at radius 1 is 1.50 bits per heavy atom. The second-order valence-corrected chi connectivity index (χ2v) is 3.98. The summed E-state index contributed by atoms with van der Waals surface area (Å²) >= 11 is 0. The molecule has 88 valence electrons. The molecule has 0 spiro atoms. The van der Waals surface area contributed by atoms with Gasteiger partial charge in [0.2, 0.25) is 0 Å². The average molecular weight is 227 g/mol. The number of hydrogen-bond acceptors (Lipinski definition) is 4. The van der Waals surface area contributed by atoms with Crippen LogP contribution in [0.4, 0.5) is 0 Å². The van der Waals surface area contributed by atoms with Crippen LogP contribution >= 0.6 is 0 Å². The van der Waals surface area contributed by atoms with Gasteiger partial charge >= 0.3 is 5.69 Å². The fraction of sp³-hybridized carbons (Fsp3) is 0.444. The molecule has 0 aliphatic rings. The molecule has 4 N–H and O–H groups in total. The van der Waals surface area contributed by atoms with Gasteiger partial charge in [-0.15, -0.1) is 0 Å². The molecule has 16 heavy (non-hydrogen) atoms. The van der Waals surface area contributed by atoms with Gasteiger partial charge in [-0.2, -0.15) is 0 Å². The Labute approximate surface area is 90.5 Å². The molecule has 0 fully saturated rings. The minimum Gasteiger partial charge on any atom is -0.389 e. The summed E-state index contributed by atoms with van der Waals surface area (Å²) in [6.45, 7) is 3.04. The van der Waals surface area contributed by atoms with Crippen LogP contribution in [-0.2, 0) is 0 Å². The van der Waals surface area contributed by atoms with Crippen LogP contribution in [0.1, 0.15) is 24.2 Å². The van der Waals surface area contributed by atoms with E-state index >= 15 is 0 Å². The Morgan fingerprint density at radius 2 is 2.12 bits per heavy atom. The Morgan fingerprint density at radius 3 is 2.62 bits per heavy atom. The van der Waals surface area contributed by atoms with E-state index in [-0.39, 0.29) is 12.1 Å². The van der Waals surface area contributed by atoms with Crippen LogP contribution in [0.2, 0.25) is 0 Å². The number of aromatic amines is 2. The first-order valence-electron chi connectivity index (χ1n) is 4.62. The largest absolute Gasteiger partial charge is 0.389 e. The summed E-state index contributed by atoms with van der Waals surface area (Å²) in [5.41, 5.74) is -2.71. The van der Waals surface area contributed by atoms with Gasteiger partial charge in [-0.1, -0.05) is 0 Å². The van der Waals surface area contributed by atoms with Crippen molar-refractivity contribution in [3.8, 4) is 0 Å². The molecular formula is C9H13N3O4. The molecule has 0 aromatic carbocycles. The fourth-order valence-corrected chi connectivity index (χ4v) is 0.970. The van der Waals surface area contributed by atoms with E-state index in [0.29, 0.717) is 0 Å². The summed E-state index contributed by atoms with van der Waals surface area (Å²) in [7, 11) is 0. The van der Waals surface area contributed by atoms with Crippen LogP contribution in [-0.4, -0.2) is 33.1 Å². The van der Waals surface area contributed by atoms with E-state index in [1.54, 1.807) is 0 Å². The average Bonchev–Trinajstić information content (AvgIpc) is 2.13. The third-order valence-corrected chi connectivity index (χ3v) is 1.75. The minimum atomic E-state index is -1.06. The predicted molar refractivity (Wildman–Crippen MR) is 56.3 cm³/mol. The Kier molecular flexibility index (Phi) is 3.28. The number of carbonyl (C=O) groups excluding carboxylic acids is 1. The molecule has 1 aromatic rings. The number of aromatic nitrogens is 2. The van der Waals surface area contributed by atoms with Gasteiger partial charge in [0.1, 0.15) is 5.56 Å². The molecule has 7 nitrogen and oxygen atoms in total. The van der Waals surface area contributed by atoms with E-state index < -0.39 is 22.8 Å². The van der Waals surface area contributed by atoms with Crippen LogP contribution in [0.15, 0.2) is 15.8 Å². The number of aliphatic hydroxyl groups is 1. The van der Waals surface area contributed by atoms with E-state index in [2.05, 4.69) is 10.3 Å². The third kappa shape index (κ3) is 3.35. The quantitative estimate of drug-likeness (QED) is 0.506. The molecule has 0 atom stereocenters. The summed E-state index contributed by atoms with van der Waals surface area (Å²) < 4.78 is 0. The van der Waals surface area contributed by atoms with Crippen LogP contribution < -0.4 is 16.6 Å². The summed E-state index contributed by atoms with van der Waals surface area (Å²) in [4.78, 5) is 37.5. The third-order valence-electron chi connectivity index (χ3n) is 1.75. The van der Waals surface area contributed by atoms with Gasteiger partial charge in [0.05, 0.1) is 5.60 Å². The van der Waals surface area contributed by atoms with Crippen molar-refractivity contribution in [1.29, 1.82) is 0 Å². The van der Waals surface area contributed by atoms with Gasteiger partial charge in [0, 0.05) is 12.7 Å². The van der Waals surface area contributed by atoms with Crippen LogP contribution in [0.25, 0.3) is 0 Å². The Balaban J connectivity index is 2.82. The topological polar surface area (TPSA) is 115 Å². The molecule has 0 saturated heterocycles. The normalized spacial score (nSPS) is 11.2. The van der Waals surface area contributed by atoms with Gasteiger partial charge in [0.15, 0.2) is 0 Å². The first-order valence-corrected chi connectivity index (χ1v) is 4.62. The number of amides is 1. The molecular weight excluding hydrogens is 214 g/mol. The number of rotatable bonds is 3. The molecule has 0 bridgehead atoms. The minimum absolute atomic E-state index is 0.00436. The smallest absolute Gasteiger partial charge is 0.325 e. The molecule has 1 rings (SSSR count). The first kappa shape index (κ1) is 12.2. The van der Waals surface area contributed by atoms with Crippen LogP contribution in [0.5, 0.6) is 0 Å². The van der Waals surface area contributed by atoms with Gasteiger partial charge in [-0.3, -0.25) is 14.6 Å². The van der Waals surface area contributed by atoms with Gasteiger partial charge in [0.25, 0.3) is 11.5 Å². The lowest BCUT2D eigenvalue weighted by Gasteiger charge is -2.17. The molecule has 1 aromatic heterocycles. The molecule has 0 saturated carbocycles. The van der Waals surface area contributed by atoms with Gasteiger partial charge in [-0.05, 0) is 13.8 Å². The maximum absolute atomic E-state index is 11.5. The molecule has 1 amide bonds. The Hall–Kier alpha value is -1.89. The number of hydrogen-bond donors (Lipinski definition) is 4. The zero-order valence-electron chi connectivity index (χ0n) is 8.96. The van der Waals surface area contributed by atoms with E-state index in [4.69, 9.17) is 0 Å². The molecule has 0 radical (unpaired) electrons. The standard InChI is InChI=1S/C9H13N3O4/c1-9(2,16)4-11-6(13)5-3-10-8(15)12-7(5)14/h3,16H,4H2,1-2H3,(H,11,13)(H2,10,12,14,15). The number of H-pyrrole nitrogens is 2. The highest BCUT2D eigenvalue weighted by atomic mass is 16.3. The van der Waals surface area contributed by atoms with E-state index in [0.717, 1.165) is 6.20 Å². The van der Waals surface area contributed by atoms with Crippen LogP contribution in [0.3, 0.4) is 0 Å². The van der Waals surface area contributed by atoms with Gasteiger partial charge < -0.3 is 15.4 Å². The second-order valence-electron chi connectivity index (χ2n) is 3.98. The first-order chi connectivity index (χ1) is 7.29. The lowest BCUT2D eigenvalue weighted by atomic mass is 10.1. The number of carbonyl (C=O) groups is 1. The van der Waals surface area contributed by atoms with Crippen molar-refractivity contribution in [3.05, 3.63) is 32.6 Å². The summed E-state index contributed by atoms with van der Waals surface area (Å²) in [5, 5.41) is 11.7. The van der Waals surface area contributed by atoms with Crippen molar-refractivity contribution in [2.24, 2.45) is 0 Å². The van der Waals surface area contributed by atoms with E-state index in [1.807, 2.05) is 4.98 Å². The molecule has 7 heteroatoms. The summed E-state index contributed by atoms with van der Waals surface area (Å²) in [6.07, 6.45) is 1.03. The number of nitrogens with one attached hydrogen (secondary N) is 3. The summed E-state index contributed by atoms with van der Waals surface area (Å²) in [6, 6.07) is 0. The lowest BCUT2D eigenvalue weighted by molar-refractivity contribution is 0.0693. The van der Waals surface area contributed by atoms with E-state index in [9.17, 15) is 19.5 Å². The maximum Gasteiger partial charge on any atom is 0.325 e. The SMILES string of the molecule is CC(C)(O)CNC(=O)c1c[nH]c(=O)[nH]c1=O. The fourth-order valence-electron chi connectivity index (χ4n) is 0.970. The maximum atomic E-state index is 11.5. The highest BCUT2D eigenvalue weighted by molar-refractivity contribution is 5.93. The van der Waals surface area contributed by atoms with Crippen molar-refractivity contribution < 1.29 is 9.90 Å². The van der Waals surface area contributed by atoms with Crippen molar-refractivity contribution in [2.45, 2.75) is 19.4 Å². The highest BCUT2D eigenvalue weighted by Crippen LogP contribution is 1.97. The zero-order valence-corrected chi connectivity index (χ0v) is 8.96. The predicted octanol–water partition coefficient (Wildman–Crippen LogP) is -1.44. The monoisotopic (exact) mass is 227 g/mol. The molecule has 0 aliphatic carbocycles. The lowest BCUT2D eigenvalue weighted by Crippen LogP contribution is -2.40. The van der Waals surface area contributed by atoms with Crippen molar-refractivity contribution in [3.63, 3.8) is 0 Å². The Bertz CT molecular complexity index is 494. The summed E-state index contributed by atoms with van der Waals surface area (Å²) in [5.74, 6) is -0.653. The van der Waals surface area contributed by atoms with Crippen molar-refractivity contribution in [1.82, 2.24) is 15.3 Å². The van der Waals surface area contributed by atoms with E-state index in [1.165, 1.54) is 13.8 Å².